The van der Waals surface area contributed by atoms with Gasteiger partial charge in [-0.2, -0.15) is 0 Å². The van der Waals surface area contributed by atoms with Crippen LogP contribution in [0.4, 0.5) is 5.69 Å². The number of carbonyl (C=O) groups excluding carboxylic acids is 2. The average molecular weight is 589 g/mol. The molecule has 10 nitrogen and oxygen atoms in total. The lowest BCUT2D eigenvalue weighted by atomic mass is 9.97. The van der Waals surface area contributed by atoms with E-state index in [9.17, 15) is 27.9 Å². The van der Waals surface area contributed by atoms with Gasteiger partial charge in [-0.25, -0.2) is 17.5 Å². The van der Waals surface area contributed by atoms with Gasteiger partial charge in [0.25, 0.3) is 15.9 Å². The summed E-state index contributed by atoms with van der Waals surface area (Å²) in [4.78, 5) is 38.7. The Labute approximate surface area is 239 Å². The molecule has 2 amide bonds. The Kier molecular flexibility index (Phi) is 9.23. The maximum atomic E-state index is 13.8. The van der Waals surface area contributed by atoms with Gasteiger partial charge in [0.2, 0.25) is 5.91 Å². The first kappa shape index (κ1) is 30.0. The number of sulfonamides is 1. The molecule has 2 aliphatic rings. The third-order valence-electron chi connectivity index (χ3n) is 7.08. The summed E-state index contributed by atoms with van der Waals surface area (Å²) in [5, 5.41) is 18.6. The van der Waals surface area contributed by atoms with Crippen molar-refractivity contribution in [2.24, 2.45) is 5.92 Å². The van der Waals surface area contributed by atoms with Crippen LogP contribution in [-0.4, -0.2) is 71.4 Å². The van der Waals surface area contributed by atoms with Crippen molar-refractivity contribution < 1.29 is 27.9 Å². The third-order valence-corrected chi connectivity index (χ3v) is 10.4. The zero-order chi connectivity index (χ0) is 29.1. The first-order valence-electron chi connectivity index (χ1n) is 13.2. The van der Waals surface area contributed by atoms with Crippen molar-refractivity contribution in [2.75, 3.05) is 24.2 Å². The second kappa shape index (κ2) is 12.3. The second-order valence-electron chi connectivity index (χ2n) is 10.9. The molecule has 2 aromatic rings. The molecule has 40 heavy (non-hydrogen) atoms. The number of thioether (sulfide) groups is 1. The summed E-state index contributed by atoms with van der Waals surface area (Å²) in [6, 6.07) is 10.9. The van der Waals surface area contributed by atoms with Gasteiger partial charge in [-0.05, 0) is 76.5 Å². The van der Waals surface area contributed by atoms with E-state index in [1.54, 1.807) is 43.3 Å². The van der Waals surface area contributed by atoms with Crippen LogP contribution in [0.2, 0.25) is 0 Å². The standard InChI is InChI=1S/C28H36N4O6S2/c1-18-4-10-22(11-5-18)40(37,38)32(26(34)25-31-28(2,3)17-39-25)23(27(35)36)16-19-6-8-21(9-7-19)30-24(33)20-12-14-29-15-13-20/h4-11,20,23,25,29,31H,12-17H2,1-3H3,(H,30,33)(H,35,36)/t23-,25-/m0/s1. The van der Waals surface area contributed by atoms with Gasteiger partial charge in [-0.3, -0.25) is 14.9 Å². The summed E-state index contributed by atoms with van der Waals surface area (Å²) in [6.45, 7) is 7.18. The van der Waals surface area contributed by atoms with Gasteiger partial charge in [0.05, 0.1) is 4.90 Å². The Morgan fingerprint density at radius 3 is 2.25 bits per heavy atom. The highest BCUT2D eigenvalue weighted by Gasteiger charge is 2.46. The van der Waals surface area contributed by atoms with Crippen LogP contribution in [0.15, 0.2) is 53.4 Å². The Morgan fingerprint density at radius 2 is 1.70 bits per heavy atom. The van der Waals surface area contributed by atoms with Gasteiger partial charge < -0.3 is 15.7 Å². The zero-order valence-corrected chi connectivity index (χ0v) is 24.5. The number of carbonyl (C=O) groups is 3. The van der Waals surface area contributed by atoms with Crippen LogP contribution in [0.1, 0.15) is 37.8 Å². The molecule has 2 atom stereocenters. The number of aliphatic carboxylic acids is 1. The SMILES string of the molecule is Cc1ccc(S(=O)(=O)N(C(=O)[C@H]2NC(C)(C)CS2)[C@@H](Cc2ccc(NC(=O)C3CCNCC3)cc2)C(=O)O)cc1. The van der Waals surface area contributed by atoms with Crippen molar-refractivity contribution in [2.45, 2.75) is 61.9 Å². The Morgan fingerprint density at radius 1 is 1.07 bits per heavy atom. The van der Waals surface area contributed by atoms with Crippen molar-refractivity contribution >= 4 is 45.3 Å². The van der Waals surface area contributed by atoms with Crippen LogP contribution in [0.25, 0.3) is 0 Å². The minimum Gasteiger partial charge on any atom is -0.480 e. The third kappa shape index (κ3) is 7.03. The van der Waals surface area contributed by atoms with Crippen LogP contribution < -0.4 is 16.0 Å². The number of piperidine rings is 1. The first-order chi connectivity index (χ1) is 18.9. The van der Waals surface area contributed by atoms with E-state index in [1.807, 2.05) is 13.8 Å². The number of carboxylic acid groups (broad SMARTS) is 1. The molecule has 0 saturated carbocycles. The van der Waals surface area contributed by atoms with Crippen LogP contribution in [0, 0.1) is 12.8 Å². The van der Waals surface area contributed by atoms with E-state index >= 15 is 0 Å². The number of carboxylic acids is 1. The van der Waals surface area contributed by atoms with Crippen molar-refractivity contribution in [1.82, 2.24) is 14.9 Å². The molecule has 4 rings (SSSR count). The van der Waals surface area contributed by atoms with E-state index < -0.39 is 38.9 Å². The fraction of sp³-hybridized carbons (Fsp3) is 0.464. The van der Waals surface area contributed by atoms with E-state index in [2.05, 4.69) is 16.0 Å². The average Bonchev–Trinajstić information content (AvgIpc) is 3.29. The molecule has 216 valence electrons. The van der Waals surface area contributed by atoms with Crippen LogP contribution >= 0.6 is 11.8 Å². The minimum atomic E-state index is -4.51. The highest BCUT2D eigenvalue weighted by Crippen LogP contribution is 2.31. The number of amides is 2. The quantitative estimate of drug-likeness (QED) is 0.347. The monoisotopic (exact) mass is 588 g/mol. The fourth-order valence-electron chi connectivity index (χ4n) is 4.79. The summed E-state index contributed by atoms with van der Waals surface area (Å²) in [5.41, 5.74) is 1.48. The lowest BCUT2D eigenvalue weighted by molar-refractivity contribution is -0.146. The number of hydrogen-bond acceptors (Lipinski definition) is 8. The first-order valence-corrected chi connectivity index (χ1v) is 15.7. The van der Waals surface area contributed by atoms with E-state index in [4.69, 9.17) is 0 Å². The Hall–Kier alpha value is -2.93. The molecule has 0 aromatic heterocycles. The normalized spacial score (nSPS) is 20.0. The molecule has 4 N–H and O–H groups in total. The van der Waals surface area contributed by atoms with Gasteiger partial charge in [0.1, 0.15) is 11.4 Å². The molecule has 2 aliphatic heterocycles. The summed E-state index contributed by atoms with van der Waals surface area (Å²) in [7, 11) is -4.51. The molecule has 0 aliphatic carbocycles. The summed E-state index contributed by atoms with van der Waals surface area (Å²) in [6.07, 6.45) is 1.28. The largest absolute Gasteiger partial charge is 0.480 e. The lowest BCUT2D eigenvalue weighted by Crippen LogP contribution is -2.55. The molecule has 0 unspecified atom stereocenters. The Balaban J connectivity index is 1.60. The van der Waals surface area contributed by atoms with Crippen molar-refractivity contribution in [3.63, 3.8) is 0 Å². The van der Waals surface area contributed by atoms with Crippen LogP contribution in [-0.2, 0) is 30.8 Å². The van der Waals surface area contributed by atoms with Gasteiger partial charge in [-0.15, -0.1) is 11.8 Å². The van der Waals surface area contributed by atoms with E-state index in [0.29, 0.717) is 21.3 Å². The number of nitrogens with one attached hydrogen (secondary N) is 3. The summed E-state index contributed by atoms with van der Waals surface area (Å²) < 4.78 is 28.2. The number of nitrogens with zero attached hydrogens (tertiary/aromatic N) is 1. The van der Waals surface area contributed by atoms with Crippen LogP contribution in [0.3, 0.4) is 0 Å². The molecule has 2 fully saturated rings. The predicted molar refractivity (Wildman–Crippen MR) is 154 cm³/mol. The highest BCUT2D eigenvalue weighted by atomic mass is 32.2. The lowest BCUT2D eigenvalue weighted by Gasteiger charge is -2.31. The maximum Gasteiger partial charge on any atom is 0.328 e. The minimum absolute atomic E-state index is 0.0666. The van der Waals surface area contributed by atoms with E-state index in [0.717, 1.165) is 31.5 Å². The molecule has 2 aromatic carbocycles. The topological polar surface area (TPSA) is 145 Å². The molecular weight excluding hydrogens is 552 g/mol. The van der Waals surface area contributed by atoms with Gasteiger partial charge in [-0.1, -0.05) is 29.8 Å². The van der Waals surface area contributed by atoms with E-state index in [-0.39, 0.29) is 23.1 Å². The number of benzene rings is 2. The van der Waals surface area contributed by atoms with Gasteiger partial charge in [0, 0.05) is 29.3 Å². The van der Waals surface area contributed by atoms with Gasteiger partial charge in [0.15, 0.2) is 0 Å². The molecule has 0 spiro atoms. The molecule has 2 heterocycles. The molecule has 12 heteroatoms. The molecular formula is C28H36N4O6S2. The van der Waals surface area contributed by atoms with Crippen molar-refractivity contribution in [3.05, 3.63) is 59.7 Å². The summed E-state index contributed by atoms with van der Waals surface area (Å²) >= 11 is 1.25. The number of rotatable bonds is 9. The number of hydrogen-bond donors (Lipinski definition) is 4. The highest BCUT2D eigenvalue weighted by molar-refractivity contribution is 8.01. The van der Waals surface area contributed by atoms with E-state index in [1.165, 1.54) is 23.9 Å². The smallest absolute Gasteiger partial charge is 0.328 e. The molecule has 2 saturated heterocycles. The summed E-state index contributed by atoms with van der Waals surface area (Å²) in [5.74, 6) is -1.84. The molecule has 0 bridgehead atoms. The van der Waals surface area contributed by atoms with Crippen molar-refractivity contribution in [1.29, 1.82) is 0 Å². The molecule has 0 radical (unpaired) electrons. The fourth-order valence-corrected chi connectivity index (χ4v) is 7.73. The second-order valence-corrected chi connectivity index (χ2v) is 13.8. The number of anilines is 1. The van der Waals surface area contributed by atoms with Gasteiger partial charge >= 0.3 is 5.97 Å². The Bertz CT molecular complexity index is 1340. The van der Waals surface area contributed by atoms with Crippen LogP contribution in [0.5, 0.6) is 0 Å². The predicted octanol–water partition coefficient (Wildman–Crippen LogP) is 2.59. The maximum absolute atomic E-state index is 13.8. The van der Waals surface area contributed by atoms with Crippen molar-refractivity contribution in [3.8, 4) is 0 Å². The zero-order valence-electron chi connectivity index (χ0n) is 22.8. The number of aryl methyl sites for hydroxylation is 1.